The smallest absolute Gasteiger partial charge is 0.335 e. The van der Waals surface area contributed by atoms with Crippen molar-refractivity contribution < 1.29 is 23.1 Å². The van der Waals surface area contributed by atoms with Crippen molar-refractivity contribution in [1.82, 2.24) is 0 Å². The highest BCUT2D eigenvalue weighted by molar-refractivity contribution is 5.94. The summed E-state index contributed by atoms with van der Waals surface area (Å²) in [6, 6.07) is 3.87. The molecule has 0 saturated heterocycles. The van der Waals surface area contributed by atoms with Gasteiger partial charge in [0, 0.05) is 12.3 Å². The Labute approximate surface area is 89.3 Å². The van der Waals surface area contributed by atoms with E-state index in [9.17, 15) is 13.6 Å². The van der Waals surface area contributed by atoms with Crippen LogP contribution < -0.4 is 0 Å². The lowest BCUT2D eigenvalue weighted by molar-refractivity contribution is 0.0182. The lowest BCUT2D eigenvalue weighted by atomic mass is 10.1. The van der Waals surface area contributed by atoms with Crippen molar-refractivity contribution in [3.8, 4) is 0 Å². The summed E-state index contributed by atoms with van der Waals surface area (Å²) in [5.41, 5.74) is -0.0912. The summed E-state index contributed by atoms with van der Waals surface area (Å²) >= 11 is 0. The van der Waals surface area contributed by atoms with Crippen molar-refractivity contribution >= 4 is 16.9 Å². The standard InChI is InChI=1S/C11H8F2O3/c1-11(12,13)8-5-16-9-3-2-6(10(14)15)4-7(8)9/h2-5H,1H3,(H,14,15). The summed E-state index contributed by atoms with van der Waals surface area (Å²) in [4.78, 5) is 10.7. The van der Waals surface area contributed by atoms with E-state index in [0.29, 0.717) is 0 Å². The molecule has 1 N–H and O–H groups in total. The molecule has 0 spiro atoms. The summed E-state index contributed by atoms with van der Waals surface area (Å²) in [7, 11) is 0. The van der Waals surface area contributed by atoms with Gasteiger partial charge in [-0.3, -0.25) is 0 Å². The van der Waals surface area contributed by atoms with Gasteiger partial charge in [0.15, 0.2) is 0 Å². The first kappa shape index (κ1) is 10.6. The number of hydrogen-bond acceptors (Lipinski definition) is 2. The van der Waals surface area contributed by atoms with E-state index in [4.69, 9.17) is 9.52 Å². The summed E-state index contributed by atoms with van der Waals surface area (Å²) in [5.74, 6) is -4.21. The number of benzene rings is 1. The summed E-state index contributed by atoms with van der Waals surface area (Å²) < 4.78 is 31.2. The Balaban J connectivity index is 2.70. The van der Waals surface area contributed by atoms with Crippen LogP contribution in [-0.2, 0) is 5.92 Å². The molecule has 0 atom stereocenters. The Bertz CT molecular complexity index is 552. The molecule has 2 aromatic rings. The molecule has 1 heterocycles. The molecule has 0 radical (unpaired) electrons. The van der Waals surface area contributed by atoms with E-state index in [2.05, 4.69) is 0 Å². The molecular formula is C11H8F2O3. The van der Waals surface area contributed by atoms with Gasteiger partial charge in [-0.1, -0.05) is 0 Å². The Hall–Kier alpha value is -1.91. The van der Waals surface area contributed by atoms with Gasteiger partial charge >= 0.3 is 5.97 Å². The molecule has 16 heavy (non-hydrogen) atoms. The number of carboxylic acids is 1. The first-order valence-electron chi connectivity index (χ1n) is 4.52. The SMILES string of the molecule is CC(F)(F)c1coc2ccc(C(=O)O)cc12. The van der Waals surface area contributed by atoms with Crippen molar-refractivity contribution in [1.29, 1.82) is 0 Å². The number of carbonyl (C=O) groups is 1. The summed E-state index contributed by atoms with van der Waals surface area (Å²) in [6.07, 6.45) is 0.955. The Kier molecular flexibility index (Phi) is 2.18. The van der Waals surface area contributed by atoms with Crippen LogP contribution in [-0.4, -0.2) is 11.1 Å². The first-order valence-corrected chi connectivity index (χ1v) is 4.52. The molecule has 3 nitrogen and oxygen atoms in total. The highest BCUT2D eigenvalue weighted by Gasteiger charge is 2.29. The lowest BCUT2D eigenvalue weighted by Gasteiger charge is -2.07. The molecular weight excluding hydrogens is 218 g/mol. The van der Waals surface area contributed by atoms with Crippen LogP contribution in [0.15, 0.2) is 28.9 Å². The van der Waals surface area contributed by atoms with Gasteiger partial charge in [-0.05, 0) is 18.2 Å². The molecule has 2 rings (SSSR count). The largest absolute Gasteiger partial charge is 0.478 e. The van der Waals surface area contributed by atoms with E-state index in [1.54, 1.807) is 0 Å². The van der Waals surface area contributed by atoms with Crippen LogP contribution in [0, 0.1) is 0 Å². The molecule has 0 aliphatic rings. The van der Waals surface area contributed by atoms with Gasteiger partial charge in [0.1, 0.15) is 11.8 Å². The lowest BCUT2D eigenvalue weighted by Crippen LogP contribution is -2.06. The molecule has 0 aliphatic carbocycles. The summed E-state index contributed by atoms with van der Waals surface area (Å²) in [5, 5.41) is 8.89. The van der Waals surface area contributed by atoms with E-state index >= 15 is 0 Å². The number of rotatable bonds is 2. The minimum Gasteiger partial charge on any atom is -0.478 e. The van der Waals surface area contributed by atoms with Gasteiger partial charge in [0.25, 0.3) is 5.92 Å². The minimum absolute atomic E-state index is 0.0422. The van der Waals surface area contributed by atoms with Crippen LogP contribution in [0.25, 0.3) is 11.0 Å². The molecule has 0 bridgehead atoms. The first-order chi connectivity index (χ1) is 7.39. The normalized spacial score (nSPS) is 11.9. The molecule has 5 heteroatoms. The minimum atomic E-state index is -3.05. The average Bonchev–Trinajstić information content (AvgIpc) is 2.58. The van der Waals surface area contributed by atoms with Gasteiger partial charge in [0.2, 0.25) is 0 Å². The molecule has 0 saturated carbocycles. The van der Waals surface area contributed by atoms with Crippen LogP contribution in [0.3, 0.4) is 0 Å². The zero-order chi connectivity index (χ0) is 11.9. The predicted molar refractivity (Wildman–Crippen MR) is 52.7 cm³/mol. The maximum absolute atomic E-state index is 13.1. The van der Waals surface area contributed by atoms with Gasteiger partial charge in [-0.2, -0.15) is 0 Å². The van der Waals surface area contributed by atoms with Crippen LogP contribution in [0.2, 0.25) is 0 Å². The molecule has 0 aliphatic heterocycles. The maximum Gasteiger partial charge on any atom is 0.335 e. The highest BCUT2D eigenvalue weighted by atomic mass is 19.3. The number of fused-ring (bicyclic) bond motifs is 1. The van der Waals surface area contributed by atoms with Gasteiger partial charge < -0.3 is 9.52 Å². The van der Waals surface area contributed by atoms with E-state index in [1.165, 1.54) is 18.2 Å². The molecule has 0 unspecified atom stereocenters. The van der Waals surface area contributed by atoms with Gasteiger partial charge in [-0.25, -0.2) is 13.6 Å². The third kappa shape index (κ3) is 1.64. The number of furan rings is 1. The molecule has 1 aromatic carbocycles. The highest BCUT2D eigenvalue weighted by Crippen LogP contribution is 2.34. The van der Waals surface area contributed by atoms with Crippen molar-refractivity contribution in [2.75, 3.05) is 0 Å². The van der Waals surface area contributed by atoms with Crippen LogP contribution in [0.5, 0.6) is 0 Å². The second kappa shape index (κ2) is 3.30. The molecule has 84 valence electrons. The molecule has 0 fully saturated rings. The third-order valence-corrected chi connectivity index (χ3v) is 2.29. The topological polar surface area (TPSA) is 50.4 Å². The second-order valence-electron chi connectivity index (χ2n) is 3.55. The fraction of sp³-hybridized carbons (Fsp3) is 0.182. The van der Waals surface area contributed by atoms with Crippen molar-refractivity contribution in [2.24, 2.45) is 0 Å². The number of alkyl halides is 2. The number of carboxylic acid groups (broad SMARTS) is 1. The molecule has 1 aromatic heterocycles. The Morgan fingerprint density at radius 2 is 2.12 bits per heavy atom. The van der Waals surface area contributed by atoms with E-state index in [-0.39, 0.29) is 22.1 Å². The van der Waals surface area contributed by atoms with Crippen LogP contribution in [0.1, 0.15) is 22.8 Å². The fourth-order valence-corrected chi connectivity index (χ4v) is 1.50. The second-order valence-corrected chi connectivity index (χ2v) is 3.55. The average molecular weight is 226 g/mol. The summed E-state index contributed by atoms with van der Waals surface area (Å²) in [6.45, 7) is 0.741. The Morgan fingerprint density at radius 3 is 2.69 bits per heavy atom. The zero-order valence-electron chi connectivity index (χ0n) is 8.33. The van der Waals surface area contributed by atoms with E-state index < -0.39 is 11.9 Å². The van der Waals surface area contributed by atoms with Crippen molar-refractivity contribution in [3.63, 3.8) is 0 Å². The van der Waals surface area contributed by atoms with Crippen molar-refractivity contribution in [3.05, 3.63) is 35.6 Å². The quantitative estimate of drug-likeness (QED) is 0.855. The number of halogens is 2. The monoisotopic (exact) mass is 226 g/mol. The Morgan fingerprint density at radius 1 is 1.44 bits per heavy atom. The zero-order valence-corrected chi connectivity index (χ0v) is 8.33. The molecule has 0 amide bonds. The maximum atomic E-state index is 13.1. The van der Waals surface area contributed by atoms with Gasteiger partial charge in [-0.15, -0.1) is 0 Å². The van der Waals surface area contributed by atoms with Crippen molar-refractivity contribution in [2.45, 2.75) is 12.8 Å². The number of hydrogen-bond donors (Lipinski definition) is 1. The van der Waals surface area contributed by atoms with E-state index in [1.807, 2.05) is 0 Å². The number of aromatic carboxylic acids is 1. The van der Waals surface area contributed by atoms with E-state index in [0.717, 1.165) is 13.2 Å². The predicted octanol–water partition coefficient (Wildman–Crippen LogP) is 3.24. The van der Waals surface area contributed by atoms with Crippen LogP contribution in [0.4, 0.5) is 8.78 Å². The third-order valence-electron chi connectivity index (χ3n) is 2.29. The van der Waals surface area contributed by atoms with Crippen LogP contribution >= 0.6 is 0 Å². The fourth-order valence-electron chi connectivity index (χ4n) is 1.50. The van der Waals surface area contributed by atoms with Gasteiger partial charge in [0.05, 0.1) is 11.1 Å².